The van der Waals surface area contributed by atoms with Crippen LogP contribution in [0.2, 0.25) is 0 Å². The van der Waals surface area contributed by atoms with Crippen molar-refractivity contribution in [3.8, 4) is 0 Å². The molecule has 0 radical (unpaired) electrons. The molecule has 0 aliphatic carbocycles. The minimum absolute atomic E-state index is 0.101. The maximum Gasteiger partial charge on any atom is 0.181 e. The van der Waals surface area contributed by atoms with Crippen molar-refractivity contribution in [2.45, 2.75) is 26.8 Å². The van der Waals surface area contributed by atoms with Crippen LogP contribution in [0.4, 0.5) is 0 Å². The Labute approximate surface area is 84.3 Å². The summed E-state index contributed by atoms with van der Waals surface area (Å²) in [6, 6.07) is 3.59. The second-order valence-electron chi connectivity index (χ2n) is 3.78. The Morgan fingerprint density at radius 3 is 2.64 bits per heavy atom. The predicted octanol–water partition coefficient (Wildman–Crippen LogP) is 1.77. The van der Waals surface area contributed by atoms with Crippen molar-refractivity contribution < 1.29 is 4.79 Å². The van der Waals surface area contributed by atoms with Gasteiger partial charge in [-0.2, -0.15) is 0 Å². The molecule has 0 aliphatic heterocycles. The van der Waals surface area contributed by atoms with Crippen LogP contribution in [0, 0.1) is 5.92 Å². The highest BCUT2D eigenvalue weighted by atomic mass is 16.1. The molecule has 0 bridgehead atoms. The number of hydrogen-bond acceptors (Lipinski definition) is 3. The number of hydrogen-bond donors (Lipinski definition) is 1. The summed E-state index contributed by atoms with van der Waals surface area (Å²) in [4.78, 5) is 15.6. The zero-order valence-corrected chi connectivity index (χ0v) is 8.66. The lowest BCUT2D eigenvalue weighted by molar-refractivity contribution is 0.0963. The largest absolute Gasteiger partial charge is 0.326 e. The first-order valence-corrected chi connectivity index (χ1v) is 4.81. The fourth-order valence-electron chi connectivity index (χ4n) is 1.19. The molecule has 3 nitrogen and oxygen atoms in total. The molecular formula is C11H16N2O. The van der Waals surface area contributed by atoms with Crippen molar-refractivity contribution in [1.82, 2.24) is 4.98 Å². The summed E-state index contributed by atoms with van der Waals surface area (Å²) in [7, 11) is 0. The molecule has 1 heterocycles. The standard InChI is InChI=1S/C11H16N2O/c1-8(2)5-11(14)10-4-3-9(6-12)7-13-10/h3-4,7-8H,5-6,12H2,1-2H3. The van der Waals surface area contributed by atoms with Crippen LogP contribution in [-0.4, -0.2) is 10.8 Å². The van der Waals surface area contributed by atoms with Crippen LogP contribution in [-0.2, 0) is 6.54 Å². The summed E-state index contributed by atoms with van der Waals surface area (Å²) >= 11 is 0. The van der Waals surface area contributed by atoms with Gasteiger partial charge in [0.2, 0.25) is 0 Å². The molecule has 76 valence electrons. The number of carbonyl (C=O) groups is 1. The zero-order chi connectivity index (χ0) is 10.6. The fraction of sp³-hybridized carbons (Fsp3) is 0.455. The second kappa shape index (κ2) is 4.86. The molecule has 2 N–H and O–H groups in total. The van der Waals surface area contributed by atoms with Gasteiger partial charge in [0.15, 0.2) is 5.78 Å². The van der Waals surface area contributed by atoms with Crippen LogP contribution in [0.15, 0.2) is 18.3 Å². The predicted molar refractivity (Wildman–Crippen MR) is 55.9 cm³/mol. The Balaban J connectivity index is 2.71. The number of nitrogens with zero attached hydrogens (tertiary/aromatic N) is 1. The van der Waals surface area contributed by atoms with Gasteiger partial charge in [-0.1, -0.05) is 19.9 Å². The Morgan fingerprint density at radius 1 is 1.50 bits per heavy atom. The van der Waals surface area contributed by atoms with Crippen molar-refractivity contribution in [2.75, 3.05) is 0 Å². The van der Waals surface area contributed by atoms with Gasteiger partial charge in [-0.15, -0.1) is 0 Å². The Hall–Kier alpha value is -1.22. The van der Waals surface area contributed by atoms with Crippen LogP contribution in [0.3, 0.4) is 0 Å². The Bertz CT molecular complexity index is 304. The van der Waals surface area contributed by atoms with Gasteiger partial charge >= 0.3 is 0 Å². The number of rotatable bonds is 4. The molecule has 0 saturated heterocycles. The average molecular weight is 192 g/mol. The Morgan fingerprint density at radius 2 is 2.21 bits per heavy atom. The normalized spacial score (nSPS) is 10.6. The minimum atomic E-state index is 0.101. The third-order valence-electron chi connectivity index (χ3n) is 1.94. The van der Waals surface area contributed by atoms with Crippen molar-refractivity contribution in [3.05, 3.63) is 29.6 Å². The van der Waals surface area contributed by atoms with E-state index in [0.29, 0.717) is 24.6 Å². The topological polar surface area (TPSA) is 56.0 Å². The van der Waals surface area contributed by atoms with Gasteiger partial charge in [-0.05, 0) is 17.5 Å². The lowest BCUT2D eigenvalue weighted by Gasteiger charge is -2.03. The molecule has 0 spiro atoms. The van der Waals surface area contributed by atoms with Crippen LogP contribution in [0.25, 0.3) is 0 Å². The quantitative estimate of drug-likeness (QED) is 0.740. The molecule has 1 aromatic heterocycles. The second-order valence-corrected chi connectivity index (χ2v) is 3.78. The molecule has 3 heteroatoms. The van der Waals surface area contributed by atoms with Gasteiger partial charge in [0.1, 0.15) is 5.69 Å². The zero-order valence-electron chi connectivity index (χ0n) is 8.66. The molecule has 0 fully saturated rings. The maximum atomic E-state index is 11.6. The monoisotopic (exact) mass is 192 g/mol. The lowest BCUT2D eigenvalue weighted by Crippen LogP contribution is -2.06. The van der Waals surface area contributed by atoms with E-state index in [1.165, 1.54) is 0 Å². The highest BCUT2D eigenvalue weighted by molar-refractivity contribution is 5.94. The SMILES string of the molecule is CC(C)CC(=O)c1ccc(CN)cn1. The first-order valence-electron chi connectivity index (χ1n) is 4.81. The molecule has 0 aromatic carbocycles. The summed E-state index contributed by atoms with van der Waals surface area (Å²) in [5.74, 6) is 0.474. The van der Waals surface area contributed by atoms with E-state index in [9.17, 15) is 4.79 Å². The Kier molecular flexibility index (Phi) is 3.77. The molecule has 0 saturated carbocycles. The third kappa shape index (κ3) is 2.92. The van der Waals surface area contributed by atoms with Crippen LogP contribution >= 0.6 is 0 Å². The first kappa shape index (κ1) is 10.9. The molecule has 0 aliphatic rings. The fourth-order valence-corrected chi connectivity index (χ4v) is 1.19. The van der Waals surface area contributed by atoms with Gasteiger partial charge in [-0.3, -0.25) is 9.78 Å². The van der Waals surface area contributed by atoms with Crippen LogP contribution < -0.4 is 5.73 Å². The van der Waals surface area contributed by atoms with Crippen molar-refractivity contribution in [3.63, 3.8) is 0 Å². The summed E-state index contributed by atoms with van der Waals surface area (Å²) in [6.45, 7) is 4.50. The number of nitrogens with two attached hydrogens (primary N) is 1. The highest BCUT2D eigenvalue weighted by Gasteiger charge is 2.08. The van der Waals surface area contributed by atoms with Crippen LogP contribution in [0.1, 0.15) is 36.3 Å². The molecule has 1 rings (SSSR count). The van der Waals surface area contributed by atoms with E-state index in [1.54, 1.807) is 12.3 Å². The lowest BCUT2D eigenvalue weighted by atomic mass is 10.0. The third-order valence-corrected chi connectivity index (χ3v) is 1.94. The maximum absolute atomic E-state index is 11.6. The molecule has 1 aromatic rings. The van der Waals surface area contributed by atoms with E-state index >= 15 is 0 Å². The van der Waals surface area contributed by atoms with E-state index in [4.69, 9.17) is 5.73 Å². The minimum Gasteiger partial charge on any atom is -0.326 e. The van der Waals surface area contributed by atoms with Gasteiger partial charge in [0, 0.05) is 19.2 Å². The summed E-state index contributed by atoms with van der Waals surface area (Å²) in [5, 5.41) is 0. The number of ketones is 1. The van der Waals surface area contributed by atoms with Gasteiger partial charge < -0.3 is 5.73 Å². The smallest absolute Gasteiger partial charge is 0.181 e. The van der Waals surface area contributed by atoms with Gasteiger partial charge in [-0.25, -0.2) is 0 Å². The molecule has 0 amide bonds. The number of aromatic nitrogens is 1. The average Bonchev–Trinajstić information content (AvgIpc) is 2.17. The van der Waals surface area contributed by atoms with Crippen molar-refractivity contribution in [2.24, 2.45) is 11.7 Å². The number of Topliss-reactive ketones (excluding diaryl/α,β-unsaturated/α-hetero) is 1. The van der Waals surface area contributed by atoms with E-state index < -0.39 is 0 Å². The van der Waals surface area contributed by atoms with E-state index in [1.807, 2.05) is 19.9 Å². The van der Waals surface area contributed by atoms with E-state index in [0.717, 1.165) is 5.56 Å². The van der Waals surface area contributed by atoms with Gasteiger partial charge in [0.05, 0.1) is 0 Å². The molecular weight excluding hydrogens is 176 g/mol. The molecule has 0 unspecified atom stereocenters. The summed E-state index contributed by atoms with van der Waals surface area (Å²) in [6.07, 6.45) is 2.21. The summed E-state index contributed by atoms with van der Waals surface area (Å²) < 4.78 is 0. The first-order chi connectivity index (χ1) is 6.63. The van der Waals surface area contributed by atoms with Crippen molar-refractivity contribution in [1.29, 1.82) is 0 Å². The number of pyridine rings is 1. The van der Waals surface area contributed by atoms with Gasteiger partial charge in [0.25, 0.3) is 0 Å². The molecule has 14 heavy (non-hydrogen) atoms. The summed E-state index contributed by atoms with van der Waals surface area (Å²) in [5.41, 5.74) is 6.92. The molecule has 0 atom stereocenters. The number of carbonyl (C=O) groups excluding carboxylic acids is 1. The van der Waals surface area contributed by atoms with E-state index in [2.05, 4.69) is 4.98 Å². The highest BCUT2D eigenvalue weighted by Crippen LogP contribution is 2.07. The van der Waals surface area contributed by atoms with E-state index in [-0.39, 0.29) is 5.78 Å². The van der Waals surface area contributed by atoms with Crippen molar-refractivity contribution >= 4 is 5.78 Å². The van der Waals surface area contributed by atoms with Crippen LogP contribution in [0.5, 0.6) is 0 Å².